The fraction of sp³-hybridized carbons (Fsp3) is 0. The monoisotopic (exact) mass is 157 g/mol. The molecule has 2 aromatic rings. The maximum Gasteiger partial charge on any atom is 0.222 e. The van der Waals surface area contributed by atoms with E-state index in [2.05, 4.69) is 25.6 Å². The first-order valence-corrected chi connectivity index (χ1v) is 2.45. The lowest BCUT2D eigenvalue weighted by atomic mass is 10.5. The van der Waals surface area contributed by atoms with E-state index in [0.29, 0.717) is 5.65 Å². The van der Waals surface area contributed by atoms with Crippen LogP contribution in [0.5, 0.6) is 0 Å². The summed E-state index contributed by atoms with van der Waals surface area (Å²) < 4.78 is 0. The highest BCUT2D eigenvalue weighted by atomic mass is 35.5. The van der Waals surface area contributed by atoms with Crippen molar-refractivity contribution in [1.29, 1.82) is 0 Å². The highest BCUT2D eigenvalue weighted by Gasteiger charge is 1.93. The number of nitrogens with one attached hydrogen (secondary N) is 1. The first-order chi connectivity index (χ1) is 4.47. The zero-order valence-electron chi connectivity index (χ0n) is 4.85. The van der Waals surface area contributed by atoms with Crippen LogP contribution in [0.25, 0.3) is 11.2 Å². The molecule has 2 heterocycles. The lowest BCUT2D eigenvalue weighted by molar-refractivity contribution is 0.946. The standard InChI is InChI=1S/C4H3N5.ClH/c1-2-5-7-4-3(1)6-9-8-4;/h1-2H,(H,6,7,8,9);1H. The van der Waals surface area contributed by atoms with Gasteiger partial charge >= 0.3 is 0 Å². The maximum absolute atomic E-state index is 3.69. The zero-order chi connectivity index (χ0) is 6.10. The Kier molecular flexibility index (Phi) is 1.77. The van der Waals surface area contributed by atoms with Crippen LogP contribution in [0.15, 0.2) is 12.3 Å². The molecular weight excluding hydrogens is 154 g/mol. The van der Waals surface area contributed by atoms with Gasteiger partial charge in [-0.05, 0) is 6.07 Å². The van der Waals surface area contributed by atoms with Crippen molar-refractivity contribution in [3.63, 3.8) is 0 Å². The van der Waals surface area contributed by atoms with Gasteiger partial charge in [-0.3, -0.25) is 5.10 Å². The molecule has 0 saturated heterocycles. The van der Waals surface area contributed by atoms with E-state index in [-0.39, 0.29) is 12.4 Å². The van der Waals surface area contributed by atoms with Crippen molar-refractivity contribution in [2.45, 2.75) is 0 Å². The Bertz CT molecular complexity index is 288. The molecule has 2 aromatic heterocycles. The summed E-state index contributed by atoms with van der Waals surface area (Å²) in [5.41, 5.74) is 1.36. The number of hydrogen-bond donors (Lipinski definition) is 1. The van der Waals surface area contributed by atoms with E-state index in [9.17, 15) is 0 Å². The second-order valence-corrected chi connectivity index (χ2v) is 1.58. The van der Waals surface area contributed by atoms with E-state index in [4.69, 9.17) is 0 Å². The molecule has 0 aliphatic rings. The van der Waals surface area contributed by atoms with Crippen molar-refractivity contribution in [2.24, 2.45) is 0 Å². The van der Waals surface area contributed by atoms with E-state index >= 15 is 0 Å². The fourth-order valence-electron chi connectivity index (χ4n) is 0.612. The van der Waals surface area contributed by atoms with Gasteiger partial charge in [0.1, 0.15) is 5.52 Å². The largest absolute Gasteiger partial charge is 0.256 e. The number of halogens is 1. The Morgan fingerprint density at radius 3 is 3.00 bits per heavy atom. The minimum absolute atomic E-state index is 0. The molecule has 0 atom stereocenters. The van der Waals surface area contributed by atoms with E-state index in [1.807, 2.05) is 0 Å². The number of fused-ring (bicyclic) bond motifs is 1. The Morgan fingerprint density at radius 1 is 1.30 bits per heavy atom. The van der Waals surface area contributed by atoms with Crippen molar-refractivity contribution in [1.82, 2.24) is 25.6 Å². The highest BCUT2D eigenvalue weighted by Crippen LogP contribution is 1.97. The lowest BCUT2D eigenvalue weighted by Gasteiger charge is -1.77. The topological polar surface area (TPSA) is 67.3 Å². The number of H-pyrrole nitrogens is 1. The number of hydrogen-bond acceptors (Lipinski definition) is 4. The van der Waals surface area contributed by atoms with Gasteiger partial charge in [0, 0.05) is 0 Å². The third-order valence-electron chi connectivity index (χ3n) is 1.02. The molecule has 6 heteroatoms. The smallest absolute Gasteiger partial charge is 0.222 e. The molecule has 0 bridgehead atoms. The minimum atomic E-state index is 0. The molecule has 0 radical (unpaired) electrons. The van der Waals surface area contributed by atoms with Crippen LogP contribution >= 0.6 is 12.4 Å². The lowest BCUT2D eigenvalue weighted by Crippen LogP contribution is -1.78. The minimum Gasteiger partial charge on any atom is -0.256 e. The third kappa shape index (κ3) is 0.906. The van der Waals surface area contributed by atoms with Crippen LogP contribution in [0.3, 0.4) is 0 Å². The van der Waals surface area contributed by atoms with Crippen LogP contribution in [-0.2, 0) is 0 Å². The first kappa shape index (κ1) is 6.88. The van der Waals surface area contributed by atoms with Crippen molar-refractivity contribution in [2.75, 3.05) is 0 Å². The number of aromatic nitrogens is 5. The normalized spacial score (nSPS) is 9.20. The van der Waals surface area contributed by atoms with Crippen molar-refractivity contribution in [3.05, 3.63) is 12.3 Å². The molecule has 0 spiro atoms. The van der Waals surface area contributed by atoms with Crippen LogP contribution in [-0.4, -0.2) is 25.6 Å². The summed E-state index contributed by atoms with van der Waals surface area (Å²) in [6.45, 7) is 0. The van der Waals surface area contributed by atoms with Gasteiger partial charge in [-0.15, -0.1) is 22.6 Å². The Labute approximate surface area is 62.3 Å². The second-order valence-electron chi connectivity index (χ2n) is 1.58. The van der Waals surface area contributed by atoms with Crippen molar-refractivity contribution < 1.29 is 0 Å². The molecule has 0 aromatic carbocycles. The van der Waals surface area contributed by atoms with Gasteiger partial charge < -0.3 is 0 Å². The molecule has 0 amide bonds. The number of rotatable bonds is 0. The van der Waals surface area contributed by atoms with E-state index in [1.54, 1.807) is 12.3 Å². The van der Waals surface area contributed by atoms with Gasteiger partial charge in [0.05, 0.1) is 6.20 Å². The molecule has 0 saturated carbocycles. The first-order valence-electron chi connectivity index (χ1n) is 2.45. The highest BCUT2D eigenvalue weighted by molar-refractivity contribution is 5.85. The van der Waals surface area contributed by atoms with Crippen LogP contribution in [0.1, 0.15) is 0 Å². The molecule has 5 nitrogen and oxygen atoms in total. The average molecular weight is 158 g/mol. The van der Waals surface area contributed by atoms with Crippen LogP contribution < -0.4 is 0 Å². The summed E-state index contributed by atoms with van der Waals surface area (Å²) >= 11 is 0. The molecule has 0 aliphatic heterocycles. The average Bonchev–Trinajstić information content (AvgIpc) is 2.33. The SMILES string of the molecule is Cl.c1cc2[nH]nnc2nn1. The van der Waals surface area contributed by atoms with Gasteiger partial charge in [-0.1, -0.05) is 5.21 Å². The molecular formula is C4H4ClN5. The summed E-state index contributed by atoms with van der Waals surface area (Å²) in [5, 5.41) is 17.1. The summed E-state index contributed by atoms with van der Waals surface area (Å²) in [7, 11) is 0. The Hall–Kier alpha value is -1.23. The van der Waals surface area contributed by atoms with Crippen LogP contribution in [0.4, 0.5) is 0 Å². The molecule has 2 rings (SSSR count). The molecule has 10 heavy (non-hydrogen) atoms. The summed E-state index contributed by atoms with van der Waals surface area (Å²) in [6, 6.07) is 1.77. The maximum atomic E-state index is 3.69. The van der Waals surface area contributed by atoms with Crippen molar-refractivity contribution >= 4 is 23.6 Å². The van der Waals surface area contributed by atoms with Gasteiger partial charge in [0.2, 0.25) is 5.65 Å². The van der Waals surface area contributed by atoms with E-state index < -0.39 is 0 Å². The van der Waals surface area contributed by atoms with E-state index in [1.165, 1.54) is 0 Å². The van der Waals surface area contributed by atoms with E-state index in [0.717, 1.165) is 5.52 Å². The summed E-state index contributed by atoms with van der Waals surface area (Å²) in [6.07, 6.45) is 1.59. The predicted octanol–water partition coefficient (Wildman–Crippen LogP) is 0.170. The molecule has 52 valence electrons. The Morgan fingerprint density at radius 2 is 2.20 bits per heavy atom. The van der Waals surface area contributed by atoms with Gasteiger partial charge in [0.15, 0.2) is 0 Å². The summed E-state index contributed by atoms with van der Waals surface area (Å²) in [5.74, 6) is 0. The number of nitrogens with zero attached hydrogens (tertiary/aromatic N) is 4. The van der Waals surface area contributed by atoms with Gasteiger partial charge in [0.25, 0.3) is 0 Å². The quantitative estimate of drug-likeness (QED) is 0.592. The van der Waals surface area contributed by atoms with Gasteiger partial charge in [-0.25, -0.2) is 0 Å². The van der Waals surface area contributed by atoms with Crippen LogP contribution in [0, 0.1) is 0 Å². The van der Waals surface area contributed by atoms with Crippen LogP contribution in [0.2, 0.25) is 0 Å². The molecule has 1 N–H and O–H groups in total. The fourth-order valence-corrected chi connectivity index (χ4v) is 0.612. The molecule has 0 aliphatic carbocycles. The second kappa shape index (κ2) is 2.57. The van der Waals surface area contributed by atoms with Crippen molar-refractivity contribution in [3.8, 4) is 0 Å². The predicted molar refractivity (Wildman–Crippen MR) is 36.7 cm³/mol. The third-order valence-corrected chi connectivity index (χ3v) is 1.02. The van der Waals surface area contributed by atoms with Gasteiger partial charge in [-0.2, -0.15) is 5.10 Å². The molecule has 0 fully saturated rings. The molecule has 0 unspecified atom stereocenters. The number of aromatic amines is 1. The zero-order valence-corrected chi connectivity index (χ0v) is 5.67. The summed E-state index contributed by atoms with van der Waals surface area (Å²) in [4.78, 5) is 0. The Balaban J connectivity index is 0.000000500.